The Labute approximate surface area is 128 Å². The molecule has 2 rings (SSSR count). The topological polar surface area (TPSA) is 85.9 Å². The van der Waals surface area contributed by atoms with Crippen LogP contribution in [-0.2, 0) is 4.79 Å². The van der Waals surface area contributed by atoms with E-state index in [9.17, 15) is 4.79 Å². The largest absolute Gasteiger partial charge is 0.492 e. The maximum absolute atomic E-state index is 11.8. The second-order valence-corrected chi connectivity index (χ2v) is 4.45. The molecule has 22 heavy (non-hydrogen) atoms. The number of nitrogens with one attached hydrogen (secondary N) is 1. The van der Waals surface area contributed by atoms with Crippen LogP contribution in [0.4, 0.5) is 5.69 Å². The van der Waals surface area contributed by atoms with E-state index < -0.39 is 0 Å². The summed E-state index contributed by atoms with van der Waals surface area (Å²) < 4.78 is 5.45. The van der Waals surface area contributed by atoms with E-state index in [-0.39, 0.29) is 18.9 Å². The molecule has 2 aromatic rings. The summed E-state index contributed by atoms with van der Waals surface area (Å²) in [6.45, 7) is 0.169. The first kappa shape index (κ1) is 15.1. The quantitative estimate of drug-likeness (QED) is 0.917. The Morgan fingerprint density at radius 1 is 1.09 bits per heavy atom. The lowest BCUT2D eigenvalue weighted by molar-refractivity contribution is -0.116. The number of benzene rings is 2. The first-order chi connectivity index (χ1) is 10.7. The average molecular weight is 291 g/mol. The van der Waals surface area contributed by atoms with Gasteiger partial charge in [-0.1, -0.05) is 18.2 Å². The van der Waals surface area contributed by atoms with Crippen molar-refractivity contribution >= 4 is 11.6 Å². The van der Waals surface area contributed by atoms with Gasteiger partial charge in [-0.15, -0.1) is 0 Å². The molecule has 0 bridgehead atoms. The fraction of sp³-hybridized carbons (Fsp3) is 0.118. The smallest absolute Gasteiger partial charge is 0.227 e. The molecule has 0 aliphatic rings. The van der Waals surface area contributed by atoms with Crippen molar-refractivity contribution < 1.29 is 9.53 Å². The second-order valence-electron chi connectivity index (χ2n) is 4.45. The van der Waals surface area contributed by atoms with E-state index in [1.807, 2.05) is 12.1 Å². The van der Waals surface area contributed by atoms with Gasteiger partial charge in [-0.2, -0.15) is 10.5 Å². The third-order valence-electron chi connectivity index (χ3n) is 2.87. The maximum Gasteiger partial charge on any atom is 0.227 e. The minimum Gasteiger partial charge on any atom is -0.492 e. The van der Waals surface area contributed by atoms with Gasteiger partial charge in [0.05, 0.1) is 30.2 Å². The molecule has 0 heterocycles. The molecule has 108 valence electrons. The summed E-state index contributed by atoms with van der Waals surface area (Å²) in [5.41, 5.74) is 1.49. The highest BCUT2D eigenvalue weighted by molar-refractivity contribution is 5.90. The summed E-state index contributed by atoms with van der Waals surface area (Å²) in [6.07, 6.45) is 0.149. The Morgan fingerprint density at radius 3 is 2.68 bits per heavy atom. The molecule has 2 aromatic carbocycles. The van der Waals surface area contributed by atoms with Crippen LogP contribution in [0.15, 0.2) is 48.5 Å². The van der Waals surface area contributed by atoms with Gasteiger partial charge in [0.15, 0.2) is 0 Å². The number of anilines is 1. The summed E-state index contributed by atoms with van der Waals surface area (Å²) in [4.78, 5) is 11.8. The van der Waals surface area contributed by atoms with Crippen LogP contribution >= 0.6 is 0 Å². The van der Waals surface area contributed by atoms with E-state index in [1.165, 1.54) is 0 Å². The van der Waals surface area contributed by atoms with E-state index in [0.717, 1.165) is 0 Å². The highest BCUT2D eigenvalue weighted by Crippen LogP contribution is 2.16. The minimum atomic E-state index is -0.218. The van der Waals surface area contributed by atoms with Crippen molar-refractivity contribution in [2.75, 3.05) is 11.9 Å². The molecule has 0 unspecified atom stereocenters. The van der Waals surface area contributed by atoms with Crippen molar-refractivity contribution in [3.8, 4) is 17.9 Å². The minimum absolute atomic E-state index is 0.149. The lowest BCUT2D eigenvalue weighted by Gasteiger charge is -2.08. The monoisotopic (exact) mass is 291 g/mol. The Bertz CT molecular complexity index is 757. The number of hydrogen-bond donors (Lipinski definition) is 1. The third kappa shape index (κ3) is 4.09. The number of rotatable bonds is 5. The second kappa shape index (κ2) is 7.47. The lowest BCUT2D eigenvalue weighted by Crippen LogP contribution is -2.15. The fourth-order valence-electron chi connectivity index (χ4n) is 1.83. The number of amides is 1. The van der Waals surface area contributed by atoms with Crippen molar-refractivity contribution in [1.29, 1.82) is 10.5 Å². The van der Waals surface area contributed by atoms with Crippen LogP contribution in [0.5, 0.6) is 5.75 Å². The Hall–Kier alpha value is -3.31. The molecule has 0 atom stereocenters. The van der Waals surface area contributed by atoms with E-state index in [4.69, 9.17) is 15.3 Å². The van der Waals surface area contributed by atoms with E-state index in [2.05, 4.69) is 5.32 Å². The number of carbonyl (C=O) groups excluding carboxylic acids is 1. The first-order valence-electron chi connectivity index (χ1n) is 6.65. The molecule has 0 aliphatic carbocycles. The number of carbonyl (C=O) groups is 1. The summed E-state index contributed by atoms with van der Waals surface area (Å²) in [5, 5.41) is 20.4. The van der Waals surface area contributed by atoms with Crippen LogP contribution in [-0.4, -0.2) is 12.5 Å². The summed E-state index contributed by atoms with van der Waals surface area (Å²) >= 11 is 0. The molecule has 0 radical (unpaired) electrons. The standard InChI is InChI=1S/C17H13N3O2/c18-11-13-4-3-6-15(10-13)20-17(21)8-9-22-16-7-2-1-5-14(16)12-19/h1-7,10H,8-9H2,(H,20,21). The van der Waals surface area contributed by atoms with Crippen molar-refractivity contribution in [3.05, 3.63) is 59.7 Å². The van der Waals surface area contributed by atoms with Gasteiger partial charge < -0.3 is 10.1 Å². The maximum atomic E-state index is 11.8. The summed E-state index contributed by atoms with van der Waals surface area (Å²) in [7, 11) is 0. The molecule has 0 aromatic heterocycles. The average Bonchev–Trinajstić information content (AvgIpc) is 2.55. The van der Waals surface area contributed by atoms with Gasteiger partial charge in [0.1, 0.15) is 11.8 Å². The van der Waals surface area contributed by atoms with Crippen LogP contribution in [0.1, 0.15) is 17.5 Å². The zero-order valence-corrected chi connectivity index (χ0v) is 11.7. The summed E-state index contributed by atoms with van der Waals surface area (Å²) in [5.74, 6) is 0.244. The van der Waals surface area contributed by atoms with E-state index in [1.54, 1.807) is 48.5 Å². The normalized spacial score (nSPS) is 9.36. The predicted molar refractivity (Wildman–Crippen MR) is 81.1 cm³/mol. The third-order valence-corrected chi connectivity index (χ3v) is 2.87. The van der Waals surface area contributed by atoms with Crippen LogP contribution < -0.4 is 10.1 Å². The zero-order valence-electron chi connectivity index (χ0n) is 11.7. The van der Waals surface area contributed by atoms with Gasteiger partial charge in [0, 0.05) is 5.69 Å². The Kier molecular flexibility index (Phi) is 5.12. The van der Waals surface area contributed by atoms with Gasteiger partial charge in [-0.25, -0.2) is 0 Å². The van der Waals surface area contributed by atoms with Crippen LogP contribution in [0.2, 0.25) is 0 Å². The molecule has 5 heteroatoms. The van der Waals surface area contributed by atoms with Crippen molar-refractivity contribution in [2.45, 2.75) is 6.42 Å². The number of ether oxygens (including phenoxy) is 1. The number of nitrogens with zero attached hydrogens (tertiary/aromatic N) is 2. The molecule has 1 amide bonds. The molecular weight excluding hydrogens is 278 g/mol. The van der Waals surface area contributed by atoms with Gasteiger partial charge in [0.2, 0.25) is 5.91 Å². The molecule has 0 aliphatic heterocycles. The lowest BCUT2D eigenvalue weighted by atomic mass is 10.2. The SMILES string of the molecule is N#Cc1cccc(NC(=O)CCOc2ccccc2C#N)c1. The summed E-state index contributed by atoms with van der Waals surface area (Å²) in [6, 6.07) is 17.6. The fourth-order valence-corrected chi connectivity index (χ4v) is 1.83. The van der Waals surface area contributed by atoms with E-state index in [0.29, 0.717) is 22.6 Å². The predicted octanol–water partition coefficient (Wildman–Crippen LogP) is 2.84. The molecule has 0 saturated heterocycles. The number of nitriles is 2. The van der Waals surface area contributed by atoms with E-state index >= 15 is 0 Å². The number of hydrogen-bond acceptors (Lipinski definition) is 4. The molecule has 5 nitrogen and oxygen atoms in total. The van der Waals surface area contributed by atoms with Crippen LogP contribution in [0.3, 0.4) is 0 Å². The Balaban J connectivity index is 1.86. The first-order valence-corrected chi connectivity index (χ1v) is 6.65. The van der Waals surface area contributed by atoms with Crippen LogP contribution in [0, 0.1) is 22.7 Å². The highest BCUT2D eigenvalue weighted by atomic mass is 16.5. The van der Waals surface area contributed by atoms with Crippen molar-refractivity contribution in [3.63, 3.8) is 0 Å². The van der Waals surface area contributed by atoms with Crippen molar-refractivity contribution in [2.24, 2.45) is 0 Å². The van der Waals surface area contributed by atoms with Gasteiger partial charge in [0.25, 0.3) is 0 Å². The molecular formula is C17H13N3O2. The van der Waals surface area contributed by atoms with Gasteiger partial charge in [-0.3, -0.25) is 4.79 Å². The molecule has 1 N–H and O–H groups in total. The van der Waals surface area contributed by atoms with Crippen LogP contribution in [0.25, 0.3) is 0 Å². The highest BCUT2D eigenvalue weighted by Gasteiger charge is 2.06. The van der Waals surface area contributed by atoms with Crippen molar-refractivity contribution in [1.82, 2.24) is 0 Å². The zero-order chi connectivity index (χ0) is 15.8. The number of para-hydroxylation sites is 1. The Morgan fingerprint density at radius 2 is 1.91 bits per heavy atom. The molecule has 0 fully saturated rings. The molecule has 0 spiro atoms. The molecule has 0 saturated carbocycles. The van der Waals surface area contributed by atoms with Gasteiger partial charge in [-0.05, 0) is 30.3 Å². The van der Waals surface area contributed by atoms with Gasteiger partial charge >= 0.3 is 0 Å².